The van der Waals surface area contributed by atoms with Crippen molar-refractivity contribution in [2.75, 3.05) is 27.2 Å². The van der Waals surface area contributed by atoms with E-state index in [1.54, 1.807) is 39.8 Å². The van der Waals surface area contributed by atoms with Gasteiger partial charge < -0.3 is 19.3 Å². The molecule has 27 heavy (non-hydrogen) atoms. The van der Waals surface area contributed by atoms with Crippen LogP contribution in [0.1, 0.15) is 32.9 Å². The van der Waals surface area contributed by atoms with Crippen molar-refractivity contribution in [3.8, 4) is 11.9 Å². The predicted octanol–water partition coefficient (Wildman–Crippen LogP) is 2.70. The molecule has 1 aromatic heterocycles. The minimum absolute atomic E-state index is 0.0357. The lowest BCUT2D eigenvalue weighted by Crippen LogP contribution is -2.36. The molecule has 0 aromatic carbocycles. The Labute approximate surface area is 158 Å². The van der Waals surface area contributed by atoms with Crippen LogP contribution in [0.3, 0.4) is 0 Å². The van der Waals surface area contributed by atoms with Gasteiger partial charge in [0.1, 0.15) is 23.5 Å². The van der Waals surface area contributed by atoms with Crippen LogP contribution >= 0.6 is 0 Å². The second kappa shape index (κ2) is 8.20. The molecule has 1 saturated heterocycles. The summed E-state index contributed by atoms with van der Waals surface area (Å²) in [5.74, 6) is -0.984. The molecule has 1 fully saturated rings. The number of carbonyl (C=O) groups is 1. The Morgan fingerprint density at radius 1 is 1.52 bits per heavy atom. The van der Waals surface area contributed by atoms with Gasteiger partial charge in [0.15, 0.2) is 11.5 Å². The number of hydrogen-bond donors (Lipinski definition) is 0. The van der Waals surface area contributed by atoms with Crippen LogP contribution in [-0.4, -0.2) is 66.1 Å². The summed E-state index contributed by atoms with van der Waals surface area (Å²) in [6.45, 7) is 6.07. The van der Waals surface area contributed by atoms with Gasteiger partial charge in [-0.05, 0) is 20.8 Å². The molecule has 0 saturated carbocycles. The van der Waals surface area contributed by atoms with Gasteiger partial charge in [-0.1, -0.05) is 0 Å². The molecule has 0 radical (unpaired) electrons. The van der Waals surface area contributed by atoms with E-state index in [0.29, 0.717) is 13.0 Å². The number of pyridine rings is 1. The van der Waals surface area contributed by atoms with Crippen LogP contribution in [0.25, 0.3) is 0 Å². The molecule has 1 aliphatic rings. The van der Waals surface area contributed by atoms with Gasteiger partial charge in [0.2, 0.25) is 0 Å². The minimum Gasteiger partial charge on any atom is -0.470 e. The first kappa shape index (κ1) is 20.4. The monoisotopic (exact) mass is 377 g/mol. The summed E-state index contributed by atoms with van der Waals surface area (Å²) < 4.78 is 25.2. The lowest BCUT2D eigenvalue weighted by molar-refractivity contribution is 0.0274. The van der Waals surface area contributed by atoms with Gasteiger partial charge in [0.05, 0.1) is 12.9 Å². The number of nitrogens with zero attached hydrogens (tertiary/aromatic N) is 5. The van der Waals surface area contributed by atoms with Crippen LogP contribution in [0, 0.1) is 17.1 Å². The normalized spacial score (nSPS) is 17.1. The van der Waals surface area contributed by atoms with Gasteiger partial charge in [-0.3, -0.25) is 0 Å². The summed E-state index contributed by atoms with van der Waals surface area (Å²) in [6, 6.07) is 3.00. The van der Waals surface area contributed by atoms with E-state index in [9.17, 15) is 14.4 Å². The molecule has 1 aliphatic heterocycles. The Morgan fingerprint density at radius 2 is 2.22 bits per heavy atom. The molecule has 0 bridgehead atoms. The molecule has 0 unspecified atom stereocenters. The Kier molecular flexibility index (Phi) is 6.20. The van der Waals surface area contributed by atoms with Crippen molar-refractivity contribution in [2.45, 2.75) is 38.9 Å². The molecule has 2 heterocycles. The molecular weight excluding hydrogens is 353 g/mol. The number of carbonyl (C=O) groups excluding carboxylic acids is 1. The van der Waals surface area contributed by atoms with Crippen molar-refractivity contribution >= 4 is 18.1 Å². The zero-order valence-corrected chi connectivity index (χ0v) is 16.2. The lowest BCUT2D eigenvalue weighted by atomic mass is 10.2. The first-order valence-corrected chi connectivity index (χ1v) is 8.55. The molecule has 8 nitrogen and oxygen atoms in total. The van der Waals surface area contributed by atoms with E-state index < -0.39 is 23.6 Å². The molecule has 146 valence electrons. The summed E-state index contributed by atoms with van der Waals surface area (Å²) in [5, 5.41) is 9.24. The minimum atomic E-state index is -0.712. The lowest BCUT2D eigenvalue weighted by Gasteiger charge is -2.24. The second-order valence-electron chi connectivity index (χ2n) is 7.42. The largest absolute Gasteiger partial charge is 0.470 e. The number of rotatable bonds is 4. The van der Waals surface area contributed by atoms with Crippen LogP contribution in [-0.2, 0) is 4.74 Å². The smallest absolute Gasteiger partial charge is 0.410 e. The molecule has 0 N–H and O–H groups in total. The van der Waals surface area contributed by atoms with Crippen LogP contribution in [0.4, 0.5) is 14.9 Å². The molecular formula is C18H24FN5O3. The van der Waals surface area contributed by atoms with Crippen molar-refractivity contribution in [3.63, 3.8) is 0 Å². The van der Waals surface area contributed by atoms with Crippen molar-refractivity contribution in [1.29, 1.82) is 5.26 Å². The first-order valence-electron chi connectivity index (χ1n) is 8.55. The molecule has 1 amide bonds. The molecule has 0 aliphatic carbocycles. The van der Waals surface area contributed by atoms with E-state index >= 15 is 0 Å². The fraction of sp³-hybridized carbons (Fsp3) is 0.556. The molecule has 0 spiro atoms. The molecule has 1 aromatic rings. The Balaban J connectivity index is 2.08. The number of halogens is 1. The van der Waals surface area contributed by atoms with Crippen LogP contribution in [0.15, 0.2) is 11.1 Å². The van der Waals surface area contributed by atoms with E-state index in [1.807, 2.05) is 6.07 Å². The highest BCUT2D eigenvalue weighted by atomic mass is 19.1. The van der Waals surface area contributed by atoms with Gasteiger partial charge >= 0.3 is 6.09 Å². The zero-order valence-electron chi connectivity index (χ0n) is 16.2. The summed E-state index contributed by atoms with van der Waals surface area (Å²) in [7, 11) is 3.51. The van der Waals surface area contributed by atoms with Crippen LogP contribution < -0.4 is 4.74 Å². The molecule has 9 heteroatoms. The standard InChI is InChI=1S/C18H24FN5O3/c1-18(2,3)27-17(25)24-7-6-12(10-24)26-16-13(19)8-14(15(9-20)22-16)21-11-23(4)5/h8,11-12H,6-7,10H2,1-5H3/t12-/m0/s1. The summed E-state index contributed by atoms with van der Waals surface area (Å²) in [4.78, 5) is 23.2. The third-order valence-corrected chi connectivity index (χ3v) is 3.53. The number of aromatic nitrogens is 1. The number of ether oxygens (including phenoxy) is 2. The van der Waals surface area contributed by atoms with Crippen molar-refractivity contribution in [1.82, 2.24) is 14.8 Å². The third-order valence-electron chi connectivity index (χ3n) is 3.53. The predicted molar refractivity (Wildman–Crippen MR) is 97.6 cm³/mol. The molecule has 1 atom stereocenters. The van der Waals surface area contributed by atoms with E-state index in [0.717, 1.165) is 6.07 Å². The number of aliphatic imine (C=N–C) groups is 1. The van der Waals surface area contributed by atoms with Gasteiger partial charge in [-0.25, -0.2) is 14.2 Å². The number of nitriles is 1. The van der Waals surface area contributed by atoms with Gasteiger partial charge in [0.25, 0.3) is 5.88 Å². The number of likely N-dealkylation sites (tertiary alicyclic amines) is 1. The Morgan fingerprint density at radius 3 is 2.81 bits per heavy atom. The Hall–Kier alpha value is -2.89. The van der Waals surface area contributed by atoms with Crippen molar-refractivity contribution < 1.29 is 18.7 Å². The second-order valence-corrected chi connectivity index (χ2v) is 7.42. The highest BCUT2D eigenvalue weighted by Crippen LogP contribution is 2.26. The third kappa shape index (κ3) is 5.81. The highest BCUT2D eigenvalue weighted by molar-refractivity contribution is 5.68. The van der Waals surface area contributed by atoms with Crippen molar-refractivity contribution in [3.05, 3.63) is 17.6 Å². The Bertz CT molecular complexity index is 767. The topological polar surface area (TPSA) is 91.1 Å². The summed E-state index contributed by atoms with van der Waals surface area (Å²) >= 11 is 0. The summed E-state index contributed by atoms with van der Waals surface area (Å²) in [6.07, 6.45) is 1.10. The van der Waals surface area contributed by atoms with E-state index in [4.69, 9.17) is 9.47 Å². The van der Waals surface area contributed by atoms with Crippen molar-refractivity contribution in [2.24, 2.45) is 4.99 Å². The maximum atomic E-state index is 14.3. The van der Waals surface area contributed by atoms with Crippen LogP contribution in [0.2, 0.25) is 0 Å². The maximum absolute atomic E-state index is 14.3. The quantitative estimate of drug-likeness (QED) is 0.592. The van der Waals surface area contributed by atoms with E-state index in [1.165, 1.54) is 11.2 Å². The highest BCUT2D eigenvalue weighted by Gasteiger charge is 2.31. The average Bonchev–Trinajstić information content (AvgIpc) is 3.02. The van der Waals surface area contributed by atoms with Gasteiger partial charge in [-0.2, -0.15) is 10.2 Å². The zero-order chi connectivity index (χ0) is 20.2. The number of hydrogen-bond acceptors (Lipinski definition) is 6. The summed E-state index contributed by atoms with van der Waals surface area (Å²) in [5.41, 5.74) is -0.502. The van der Waals surface area contributed by atoms with E-state index in [2.05, 4.69) is 9.98 Å². The fourth-order valence-electron chi connectivity index (χ4n) is 2.38. The first-order chi connectivity index (χ1) is 12.6. The van der Waals surface area contributed by atoms with Gasteiger partial charge in [-0.15, -0.1) is 0 Å². The van der Waals surface area contributed by atoms with Gasteiger partial charge in [0, 0.05) is 33.1 Å². The SMILES string of the molecule is CN(C)C=Nc1cc(F)c(O[C@H]2CCN(C(=O)OC(C)(C)C)C2)nc1C#N. The van der Waals surface area contributed by atoms with Crippen LogP contribution in [0.5, 0.6) is 5.88 Å². The molecule has 2 rings (SSSR count). The fourth-order valence-corrected chi connectivity index (χ4v) is 2.38. The van der Waals surface area contributed by atoms with E-state index in [-0.39, 0.29) is 23.8 Å². The number of amides is 1. The maximum Gasteiger partial charge on any atom is 0.410 e. The average molecular weight is 377 g/mol.